The summed E-state index contributed by atoms with van der Waals surface area (Å²) in [5.41, 5.74) is 2.62. The van der Waals surface area contributed by atoms with Crippen molar-refractivity contribution in [1.82, 2.24) is 15.5 Å². The molecule has 0 amide bonds. The number of aliphatic imine (C=N–C) groups is 1. The predicted octanol–water partition coefficient (Wildman–Crippen LogP) is 1.77. The quantitative estimate of drug-likeness (QED) is 0.642. The first-order valence-electron chi connectivity index (χ1n) is 8.34. The Bertz CT molecular complexity index is 522. The Morgan fingerprint density at radius 2 is 2.00 bits per heavy atom. The van der Waals surface area contributed by atoms with Crippen LogP contribution in [0.2, 0.25) is 0 Å². The molecule has 0 aromatic heterocycles. The number of ether oxygens (including phenoxy) is 1. The predicted molar refractivity (Wildman–Crippen MR) is 95.9 cm³/mol. The Labute approximate surface area is 140 Å². The summed E-state index contributed by atoms with van der Waals surface area (Å²) >= 11 is 0. The second kappa shape index (κ2) is 8.31. The molecule has 0 saturated carbocycles. The van der Waals surface area contributed by atoms with Crippen molar-refractivity contribution >= 4 is 5.96 Å². The number of hydrogen-bond acceptors (Lipinski definition) is 3. The number of nitrogens with zero attached hydrogens (tertiary/aromatic N) is 2. The van der Waals surface area contributed by atoms with Crippen LogP contribution in [0.3, 0.4) is 0 Å². The third kappa shape index (κ3) is 5.52. The number of rotatable bonds is 5. The van der Waals surface area contributed by atoms with Crippen molar-refractivity contribution in [2.24, 2.45) is 4.99 Å². The molecule has 0 radical (unpaired) electrons. The van der Waals surface area contributed by atoms with Crippen molar-refractivity contribution in [2.45, 2.75) is 32.9 Å². The van der Waals surface area contributed by atoms with E-state index in [-0.39, 0.29) is 5.54 Å². The molecule has 1 aromatic rings. The maximum Gasteiger partial charge on any atom is 0.191 e. The van der Waals surface area contributed by atoms with Gasteiger partial charge < -0.3 is 15.4 Å². The lowest BCUT2D eigenvalue weighted by Crippen LogP contribution is -2.56. The second-order valence-corrected chi connectivity index (χ2v) is 6.68. The normalized spacial score (nSPS) is 17.1. The molecule has 0 spiro atoms. The molecule has 0 unspecified atom stereocenters. The molecule has 1 saturated heterocycles. The number of aryl methyl sites for hydroxylation is 1. The summed E-state index contributed by atoms with van der Waals surface area (Å²) in [5.74, 6) is 0.841. The molecule has 23 heavy (non-hydrogen) atoms. The highest BCUT2D eigenvalue weighted by Gasteiger charge is 2.28. The average molecular weight is 318 g/mol. The van der Waals surface area contributed by atoms with Gasteiger partial charge in [0.25, 0.3) is 0 Å². The summed E-state index contributed by atoms with van der Waals surface area (Å²) in [5, 5.41) is 6.83. The van der Waals surface area contributed by atoms with Crippen LogP contribution in [0.4, 0.5) is 0 Å². The van der Waals surface area contributed by atoms with Gasteiger partial charge in [0.2, 0.25) is 0 Å². The van der Waals surface area contributed by atoms with Crippen molar-refractivity contribution in [3.63, 3.8) is 0 Å². The van der Waals surface area contributed by atoms with Crippen LogP contribution in [0.5, 0.6) is 0 Å². The summed E-state index contributed by atoms with van der Waals surface area (Å²) < 4.78 is 5.44. The molecule has 1 aliphatic rings. The summed E-state index contributed by atoms with van der Waals surface area (Å²) in [6.07, 6.45) is 0. The van der Waals surface area contributed by atoms with Crippen LogP contribution in [0.25, 0.3) is 0 Å². The number of morpholine rings is 1. The van der Waals surface area contributed by atoms with Gasteiger partial charge in [0, 0.05) is 38.8 Å². The van der Waals surface area contributed by atoms with Crippen molar-refractivity contribution in [1.29, 1.82) is 0 Å². The Balaban J connectivity index is 1.82. The molecule has 1 aromatic carbocycles. The minimum Gasteiger partial charge on any atom is -0.379 e. The molecule has 128 valence electrons. The lowest BCUT2D eigenvalue weighted by atomic mass is 10.0. The Hall–Kier alpha value is -1.59. The molecular weight excluding hydrogens is 288 g/mol. The number of hydrogen-bond donors (Lipinski definition) is 2. The van der Waals surface area contributed by atoms with Crippen molar-refractivity contribution in [2.75, 3.05) is 39.9 Å². The summed E-state index contributed by atoms with van der Waals surface area (Å²) in [6.45, 7) is 11.9. The average Bonchev–Trinajstić information content (AvgIpc) is 2.56. The zero-order chi connectivity index (χ0) is 16.7. The summed E-state index contributed by atoms with van der Waals surface area (Å²) in [6, 6.07) is 8.52. The first-order valence-corrected chi connectivity index (χ1v) is 8.34. The fourth-order valence-electron chi connectivity index (χ4n) is 2.81. The molecule has 0 aliphatic carbocycles. The van der Waals surface area contributed by atoms with E-state index in [1.165, 1.54) is 11.1 Å². The van der Waals surface area contributed by atoms with E-state index >= 15 is 0 Å². The van der Waals surface area contributed by atoms with Gasteiger partial charge in [-0.3, -0.25) is 9.89 Å². The maximum atomic E-state index is 5.44. The van der Waals surface area contributed by atoms with E-state index in [9.17, 15) is 0 Å². The van der Waals surface area contributed by atoms with E-state index in [0.717, 1.165) is 45.4 Å². The molecule has 1 aliphatic heterocycles. The van der Waals surface area contributed by atoms with Gasteiger partial charge in [-0.15, -0.1) is 0 Å². The third-order valence-electron chi connectivity index (χ3n) is 4.32. The topological polar surface area (TPSA) is 48.9 Å². The van der Waals surface area contributed by atoms with E-state index in [1.54, 1.807) is 0 Å². The van der Waals surface area contributed by atoms with E-state index in [0.29, 0.717) is 0 Å². The third-order valence-corrected chi connectivity index (χ3v) is 4.32. The smallest absolute Gasteiger partial charge is 0.191 e. The van der Waals surface area contributed by atoms with E-state index in [2.05, 4.69) is 65.6 Å². The minimum absolute atomic E-state index is 0.0741. The lowest BCUT2D eigenvalue weighted by molar-refractivity contribution is -0.00834. The summed E-state index contributed by atoms with van der Waals surface area (Å²) in [7, 11) is 1.81. The lowest BCUT2D eigenvalue weighted by Gasteiger charge is -2.41. The molecule has 2 rings (SSSR count). The Morgan fingerprint density at radius 1 is 1.26 bits per heavy atom. The first kappa shape index (κ1) is 17.8. The van der Waals surface area contributed by atoms with Crippen LogP contribution in [0, 0.1) is 6.92 Å². The zero-order valence-corrected chi connectivity index (χ0v) is 14.9. The van der Waals surface area contributed by atoms with E-state index in [1.807, 2.05) is 7.05 Å². The van der Waals surface area contributed by atoms with Crippen LogP contribution in [-0.4, -0.2) is 56.3 Å². The molecule has 0 atom stereocenters. The molecule has 2 N–H and O–H groups in total. The SMILES string of the molecule is CN=C(NCc1cccc(C)c1)NCC(C)(C)N1CCOCC1. The van der Waals surface area contributed by atoms with Crippen molar-refractivity contribution in [3.05, 3.63) is 35.4 Å². The van der Waals surface area contributed by atoms with Gasteiger partial charge in [-0.1, -0.05) is 29.8 Å². The second-order valence-electron chi connectivity index (χ2n) is 6.68. The van der Waals surface area contributed by atoms with Gasteiger partial charge in [-0.2, -0.15) is 0 Å². The molecule has 0 bridgehead atoms. The molecule has 1 heterocycles. The monoisotopic (exact) mass is 318 g/mol. The largest absolute Gasteiger partial charge is 0.379 e. The van der Waals surface area contributed by atoms with Crippen LogP contribution in [-0.2, 0) is 11.3 Å². The number of benzene rings is 1. The molecule has 5 nitrogen and oxygen atoms in total. The highest BCUT2D eigenvalue weighted by Crippen LogP contribution is 2.15. The van der Waals surface area contributed by atoms with Gasteiger partial charge in [0.15, 0.2) is 5.96 Å². The standard InChI is InChI=1S/C18H30N4O/c1-15-6-5-7-16(12-15)13-20-17(19-4)21-14-18(2,3)22-8-10-23-11-9-22/h5-7,12H,8-11,13-14H2,1-4H3,(H2,19,20,21). The molecule has 1 fully saturated rings. The molecular formula is C18H30N4O. The molecule has 5 heteroatoms. The fraction of sp³-hybridized carbons (Fsp3) is 0.611. The van der Waals surface area contributed by atoms with Gasteiger partial charge in [0.1, 0.15) is 0 Å². The van der Waals surface area contributed by atoms with Gasteiger partial charge in [-0.05, 0) is 26.3 Å². The highest BCUT2D eigenvalue weighted by atomic mass is 16.5. The van der Waals surface area contributed by atoms with Gasteiger partial charge in [-0.25, -0.2) is 0 Å². The fourth-order valence-corrected chi connectivity index (χ4v) is 2.81. The number of guanidine groups is 1. The zero-order valence-electron chi connectivity index (χ0n) is 14.9. The van der Waals surface area contributed by atoms with Crippen LogP contribution in [0.15, 0.2) is 29.3 Å². The number of nitrogens with one attached hydrogen (secondary N) is 2. The highest BCUT2D eigenvalue weighted by molar-refractivity contribution is 5.79. The van der Waals surface area contributed by atoms with Crippen LogP contribution < -0.4 is 10.6 Å². The van der Waals surface area contributed by atoms with E-state index in [4.69, 9.17) is 4.74 Å². The minimum atomic E-state index is 0.0741. The maximum absolute atomic E-state index is 5.44. The Kier molecular flexibility index (Phi) is 6.42. The Morgan fingerprint density at radius 3 is 2.65 bits per heavy atom. The summed E-state index contributed by atoms with van der Waals surface area (Å²) in [4.78, 5) is 6.79. The van der Waals surface area contributed by atoms with Crippen molar-refractivity contribution in [3.8, 4) is 0 Å². The van der Waals surface area contributed by atoms with Crippen LogP contribution >= 0.6 is 0 Å². The van der Waals surface area contributed by atoms with Crippen molar-refractivity contribution < 1.29 is 4.74 Å². The first-order chi connectivity index (χ1) is 11.0. The van der Waals surface area contributed by atoms with E-state index < -0.39 is 0 Å². The van der Waals surface area contributed by atoms with Gasteiger partial charge in [0.05, 0.1) is 13.2 Å². The van der Waals surface area contributed by atoms with Gasteiger partial charge >= 0.3 is 0 Å². The van der Waals surface area contributed by atoms with Crippen LogP contribution in [0.1, 0.15) is 25.0 Å².